The first-order chi connectivity index (χ1) is 10.1. The zero-order valence-electron chi connectivity index (χ0n) is 11.6. The van der Waals surface area contributed by atoms with Crippen LogP contribution in [0.3, 0.4) is 0 Å². The highest BCUT2D eigenvalue weighted by molar-refractivity contribution is 6.31. The van der Waals surface area contributed by atoms with Crippen molar-refractivity contribution in [3.63, 3.8) is 0 Å². The van der Waals surface area contributed by atoms with Crippen LogP contribution in [0.1, 0.15) is 16.7 Å². The molecule has 2 rings (SSSR count). The van der Waals surface area contributed by atoms with E-state index in [-0.39, 0.29) is 12.4 Å². The second-order valence-corrected chi connectivity index (χ2v) is 4.91. The summed E-state index contributed by atoms with van der Waals surface area (Å²) in [4.78, 5) is 0. The quantitative estimate of drug-likeness (QED) is 0.878. The van der Waals surface area contributed by atoms with E-state index in [2.05, 4.69) is 11.8 Å². The zero-order valence-corrected chi connectivity index (χ0v) is 12.4. The minimum Gasteiger partial charge on any atom is -0.489 e. The summed E-state index contributed by atoms with van der Waals surface area (Å²) in [6, 6.07) is 9.88. The SMILES string of the molecule is Cc1cc(OCc2ccc(F)cc2Cl)ccc1C#CCN. The number of hydrogen-bond donors (Lipinski definition) is 1. The summed E-state index contributed by atoms with van der Waals surface area (Å²) < 4.78 is 18.6. The molecule has 0 aliphatic carbocycles. The average Bonchev–Trinajstić information content (AvgIpc) is 2.45. The van der Waals surface area contributed by atoms with Gasteiger partial charge in [-0.05, 0) is 42.8 Å². The molecule has 0 amide bonds. The second-order valence-electron chi connectivity index (χ2n) is 4.51. The molecule has 0 bridgehead atoms. The van der Waals surface area contributed by atoms with Crippen LogP contribution in [0.5, 0.6) is 5.75 Å². The molecule has 0 fully saturated rings. The van der Waals surface area contributed by atoms with Gasteiger partial charge in [-0.15, -0.1) is 0 Å². The van der Waals surface area contributed by atoms with Gasteiger partial charge in [0.15, 0.2) is 0 Å². The minimum absolute atomic E-state index is 0.284. The summed E-state index contributed by atoms with van der Waals surface area (Å²) >= 11 is 5.96. The predicted octanol–water partition coefficient (Wildman–Crippen LogP) is 3.68. The van der Waals surface area contributed by atoms with E-state index >= 15 is 0 Å². The van der Waals surface area contributed by atoms with Crippen molar-refractivity contribution in [3.05, 3.63) is 63.9 Å². The van der Waals surface area contributed by atoms with Crippen molar-refractivity contribution in [1.82, 2.24) is 0 Å². The van der Waals surface area contributed by atoms with Gasteiger partial charge in [-0.2, -0.15) is 0 Å². The first-order valence-electron chi connectivity index (χ1n) is 6.46. The molecule has 2 N–H and O–H groups in total. The van der Waals surface area contributed by atoms with Crippen molar-refractivity contribution in [2.45, 2.75) is 13.5 Å². The van der Waals surface area contributed by atoms with Crippen molar-refractivity contribution in [2.75, 3.05) is 6.54 Å². The molecule has 0 aromatic heterocycles. The maximum absolute atomic E-state index is 13.0. The lowest BCUT2D eigenvalue weighted by Crippen LogP contribution is -1.98. The van der Waals surface area contributed by atoms with E-state index in [0.717, 1.165) is 16.7 Å². The molecule has 0 aliphatic rings. The number of nitrogens with two attached hydrogens (primary N) is 1. The van der Waals surface area contributed by atoms with Crippen molar-refractivity contribution >= 4 is 11.6 Å². The normalized spacial score (nSPS) is 9.90. The van der Waals surface area contributed by atoms with Crippen LogP contribution >= 0.6 is 11.6 Å². The summed E-state index contributed by atoms with van der Waals surface area (Å²) in [5.41, 5.74) is 8.03. The van der Waals surface area contributed by atoms with Crippen molar-refractivity contribution in [1.29, 1.82) is 0 Å². The van der Waals surface area contributed by atoms with Crippen molar-refractivity contribution < 1.29 is 9.13 Å². The van der Waals surface area contributed by atoms with Crippen molar-refractivity contribution in [2.24, 2.45) is 5.73 Å². The Bertz CT molecular complexity index is 704. The molecule has 0 atom stereocenters. The van der Waals surface area contributed by atoms with Crippen LogP contribution in [0.15, 0.2) is 36.4 Å². The van der Waals surface area contributed by atoms with E-state index in [1.807, 2.05) is 25.1 Å². The monoisotopic (exact) mass is 303 g/mol. The molecule has 0 spiro atoms. The lowest BCUT2D eigenvalue weighted by Gasteiger charge is -2.09. The van der Waals surface area contributed by atoms with Gasteiger partial charge in [0.1, 0.15) is 18.2 Å². The second kappa shape index (κ2) is 7.12. The van der Waals surface area contributed by atoms with Crippen LogP contribution in [0, 0.1) is 24.6 Å². The third-order valence-corrected chi connectivity index (χ3v) is 3.28. The maximum Gasteiger partial charge on any atom is 0.124 e. The summed E-state index contributed by atoms with van der Waals surface area (Å²) in [5, 5.41) is 0.358. The number of hydrogen-bond acceptors (Lipinski definition) is 2. The van der Waals surface area contributed by atoms with Gasteiger partial charge in [0.2, 0.25) is 0 Å². The number of aryl methyl sites for hydroxylation is 1. The van der Waals surface area contributed by atoms with Gasteiger partial charge in [-0.3, -0.25) is 0 Å². The lowest BCUT2D eigenvalue weighted by molar-refractivity contribution is 0.306. The lowest BCUT2D eigenvalue weighted by atomic mass is 10.1. The van der Waals surface area contributed by atoms with Crippen LogP contribution in [-0.2, 0) is 6.61 Å². The number of benzene rings is 2. The third-order valence-electron chi connectivity index (χ3n) is 2.93. The largest absolute Gasteiger partial charge is 0.489 e. The number of rotatable bonds is 3. The Morgan fingerprint density at radius 3 is 2.71 bits per heavy atom. The molecular formula is C17H15ClFNO. The predicted molar refractivity (Wildman–Crippen MR) is 82.9 cm³/mol. The zero-order chi connectivity index (χ0) is 15.2. The molecule has 2 aromatic rings. The van der Waals surface area contributed by atoms with Crippen LogP contribution < -0.4 is 10.5 Å². The van der Waals surface area contributed by atoms with Gasteiger partial charge in [0.05, 0.1) is 11.6 Å². The molecule has 108 valence electrons. The summed E-state index contributed by atoms with van der Waals surface area (Å²) in [7, 11) is 0. The van der Waals surface area contributed by atoms with Crippen LogP contribution in [0.4, 0.5) is 4.39 Å². The number of halogens is 2. The molecule has 21 heavy (non-hydrogen) atoms. The van der Waals surface area contributed by atoms with E-state index in [4.69, 9.17) is 22.1 Å². The third kappa shape index (κ3) is 4.22. The van der Waals surface area contributed by atoms with E-state index in [1.165, 1.54) is 12.1 Å². The first kappa shape index (κ1) is 15.4. The molecule has 0 saturated carbocycles. The van der Waals surface area contributed by atoms with Gasteiger partial charge in [-0.25, -0.2) is 4.39 Å². The highest BCUT2D eigenvalue weighted by Gasteiger charge is 2.04. The standard InChI is InChI=1S/C17H15ClFNO/c1-12-9-16(7-5-13(12)3-2-8-20)21-11-14-4-6-15(19)10-17(14)18/h4-7,9-10H,8,11,20H2,1H3. The number of ether oxygens (including phenoxy) is 1. The average molecular weight is 304 g/mol. The fourth-order valence-corrected chi connectivity index (χ4v) is 2.03. The summed E-state index contributed by atoms with van der Waals surface area (Å²) in [5.74, 6) is 6.17. The van der Waals surface area contributed by atoms with Gasteiger partial charge in [0.25, 0.3) is 0 Å². The maximum atomic E-state index is 13.0. The van der Waals surface area contributed by atoms with Gasteiger partial charge < -0.3 is 10.5 Å². The van der Waals surface area contributed by atoms with Crippen LogP contribution in [-0.4, -0.2) is 6.54 Å². The Balaban J connectivity index is 2.08. The Morgan fingerprint density at radius 2 is 2.05 bits per heavy atom. The Hall–Kier alpha value is -2.02. The summed E-state index contributed by atoms with van der Waals surface area (Å²) in [6.45, 7) is 2.57. The minimum atomic E-state index is -0.359. The molecule has 2 nitrogen and oxygen atoms in total. The Kier molecular flexibility index (Phi) is 5.21. The van der Waals surface area contributed by atoms with E-state index in [0.29, 0.717) is 17.3 Å². The van der Waals surface area contributed by atoms with E-state index in [9.17, 15) is 4.39 Å². The van der Waals surface area contributed by atoms with Crippen molar-refractivity contribution in [3.8, 4) is 17.6 Å². The molecule has 0 heterocycles. The van der Waals surface area contributed by atoms with E-state index < -0.39 is 0 Å². The highest BCUT2D eigenvalue weighted by Crippen LogP contribution is 2.21. The molecule has 0 aliphatic heterocycles. The van der Waals surface area contributed by atoms with Crippen LogP contribution in [0.2, 0.25) is 5.02 Å². The summed E-state index contributed by atoms with van der Waals surface area (Å²) in [6.07, 6.45) is 0. The van der Waals surface area contributed by atoms with Gasteiger partial charge in [0, 0.05) is 11.1 Å². The Morgan fingerprint density at radius 1 is 1.24 bits per heavy atom. The fraction of sp³-hybridized carbons (Fsp3) is 0.176. The first-order valence-corrected chi connectivity index (χ1v) is 6.84. The molecule has 4 heteroatoms. The van der Waals surface area contributed by atoms with Gasteiger partial charge >= 0.3 is 0 Å². The molecule has 2 aromatic carbocycles. The molecule has 0 unspecified atom stereocenters. The molecule has 0 radical (unpaired) electrons. The van der Waals surface area contributed by atoms with E-state index in [1.54, 1.807) is 6.07 Å². The van der Waals surface area contributed by atoms with Gasteiger partial charge in [-0.1, -0.05) is 29.5 Å². The molecule has 0 saturated heterocycles. The highest BCUT2D eigenvalue weighted by atomic mass is 35.5. The topological polar surface area (TPSA) is 35.2 Å². The molecular weight excluding hydrogens is 289 g/mol. The Labute approximate surface area is 128 Å². The smallest absolute Gasteiger partial charge is 0.124 e. The van der Waals surface area contributed by atoms with Crippen LogP contribution in [0.25, 0.3) is 0 Å². The fourth-order valence-electron chi connectivity index (χ4n) is 1.81.